The second kappa shape index (κ2) is 8.11. The number of thiazole rings is 1. The van der Waals surface area contributed by atoms with E-state index in [-0.39, 0.29) is 11.3 Å². The van der Waals surface area contributed by atoms with Gasteiger partial charge in [0.05, 0.1) is 5.69 Å². The van der Waals surface area contributed by atoms with E-state index < -0.39 is 0 Å². The molecule has 1 N–H and O–H groups in total. The molecule has 0 aliphatic carbocycles. The van der Waals surface area contributed by atoms with Crippen LogP contribution in [0.4, 0.5) is 0 Å². The van der Waals surface area contributed by atoms with Gasteiger partial charge in [0.15, 0.2) is 0 Å². The van der Waals surface area contributed by atoms with Gasteiger partial charge in [0, 0.05) is 18.2 Å². The molecular weight excluding hydrogens is 354 g/mol. The predicted octanol–water partition coefficient (Wildman–Crippen LogP) is 4.63. The monoisotopic (exact) mass is 385 g/mol. The molecular formula is C22H31N3OS. The molecule has 1 amide bonds. The van der Waals surface area contributed by atoms with Crippen LogP contribution in [-0.4, -0.2) is 42.0 Å². The van der Waals surface area contributed by atoms with Crippen LogP contribution in [0.25, 0.3) is 10.6 Å². The van der Waals surface area contributed by atoms with Crippen molar-refractivity contribution < 1.29 is 4.79 Å². The average Bonchev–Trinajstić information content (AvgIpc) is 3.20. The van der Waals surface area contributed by atoms with Crippen molar-refractivity contribution in [2.45, 2.75) is 58.4 Å². The number of carbonyl (C=O) groups is 1. The van der Waals surface area contributed by atoms with Gasteiger partial charge in [-0.05, 0) is 50.8 Å². The highest BCUT2D eigenvalue weighted by Crippen LogP contribution is 2.30. The molecule has 1 saturated heterocycles. The molecule has 3 rings (SSSR count). The van der Waals surface area contributed by atoms with Gasteiger partial charge in [-0.15, -0.1) is 11.3 Å². The zero-order valence-corrected chi connectivity index (χ0v) is 17.9. The molecule has 0 saturated carbocycles. The van der Waals surface area contributed by atoms with Crippen LogP contribution in [0.1, 0.15) is 61.0 Å². The van der Waals surface area contributed by atoms with Crippen LogP contribution in [0.15, 0.2) is 24.3 Å². The molecule has 5 heteroatoms. The molecule has 1 aromatic heterocycles. The summed E-state index contributed by atoms with van der Waals surface area (Å²) in [7, 11) is 2.17. The standard InChI is InChI=1S/C22H31N3OS/c1-15-19(20(26)23-13-12-18-7-6-14-25(18)5)27-21(24-15)16-8-10-17(11-9-16)22(2,3)4/h8-11,18H,6-7,12-14H2,1-5H3,(H,23,26). The Balaban J connectivity index is 1.64. The Bertz CT molecular complexity index is 789. The first-order valence-electron chi connectivity index (χ1n) is 9.82. The summed E-state index contributed by atoms with van der Waals surface area (Å²) in [6.45, 7) is 10.4. The molecule has 1 aliphatic heterocycles. The number of aryl methyl sites for hydroxylation is 1. The average molecular weight is 386 g/mol. The maximum absolute atomic E-state index is 12.6. The second-order valence-electron chi connectivity index (χ2n) is 8.58. The van der Waals surface area contributed by atoms with E-state index in [0.29, 0.717) is 6.04 Å². The van der Waals surface area contributed by atoms with Crippen LogP contribution in [0.3, 0.4) is 0 Å². The van der Waals surface area contributed by atoms with Gasteiger partial charge in [0.2, 0.25) is 0 Å². The molecule has 1 atom stereocenters. The molecule has 27 heavy (non-hydrogen) atoms. The Morgan fingerprint density at radius 2 is 2.00 bits per heavy atom. The summed E-state index contributed by atoms with van der Waals surface area (Å²) >= 11 is 1.48. The molecule has 4 nitrogen and oxygen atoms in total. The summed E-state index contributed by atoms with van der Waals surface area (Å²) in [5.74, 6) is 0.00297. The van der Waals surface area contributed by atoms with Gasteiger partial charge in [-0.2, -0.15) is 0 Å². The summed E-state index contributed by atoms with van der Waals surface area (Å²) in [5.41, 5.74) is 3.32. The van der Waals surface area contributed by atoms with Gasteiger partial charge in [0.1, 0.15) is 9.88 Å². The zero-order chi connectivity index (χ0) is 19.6. The predicted molar refractivity (Wildman–Crippen MR) is 114 cm³/mol. The number of carbonyl (C=O) groups excluding carboxylic acids is 1. The van der Waals surface area contributed by atoms with Crippen LogP contribution >= 0.6 is 11.3 Å². The van der Waals surface area contributed by atoms with Crippen molar-refractivity contribution in [1.29, 1.82) is 0 Å². The second-order valence-corrected chi connectivity index (χ2v) is 9.58. The summed E-state index contributed by atoms with van der Waals surface area (Å²) in [4.78, 5) is 20.4. The molecule has 1 aliphatic rings. The third kappa shape index (κ3) is 4.77. The number of rotatable bonds is 5. The van der Waals surface area contributed by atoms with Gasteiger partial charge < -0.3 is 10.2 Å². The number of nitrogens with zero attached hydrogens (tertiary/aromatic N) is 2. The lowest BCUT2D eigenvalue weighted by Gasteiger charge is -2.19. The van der Waals surface area contributed by atoms with Crippen molar-refractivity contribution in [3.8, 4) is 10.6 Å². The maximum Gasteiger partial charge on any atom is 0.263 e. The van der Waals surface area contributed by atoms with Crippen molar-refractivity contribution >= 4 is 17.2 Å². The normalized spacial score (nSPS) is 18.0. The number of amides is 1. The van der Waals surface area contributed by atoms with E-state index in [0.717, 1.165) is 34.1 Å². The highest BCUT2D eigenvalue weighted by molar-refractivity contribution is 7.17. The first kappa shape index (κ1) is 20.0. The highest BCUT2D eigenvalue weighted by Gasteiger charge is 2.21. The summed E-state index contributed by atoms with van der Waals surface area (Å²) < 4.78 is 0. The third-order valence-corrected chi connectivity index (χ3v) is 6.64. The van der Waals surface area contributed by atoms with E-state index in [1.165, 1.54) is 36.3 Å². The lowest BCUT2D eigenvalue weighted by Crippen LogP contribution is -2.31. The Hall–Kier alpha value is -1.72. The fourth-order valence-electron chi connectivity index (χ4n) is 3.62. The number of hydrogen-bond donors (Lipinski definition) is 1. The van der Waals surface area contributed by atoms with Crippen LogP contribution in [0.2, 0.25) is 0 Å². The number of nitrogens with one attached hydrogen (secondary N) is 1. The molecule has 0 bridgehead atoms. The summed E-state index contributed by atoms with van der Waals surface area (Å²) in [5, 5.41) is 4.00. The van der Waals surface area contributed by atoms with Crippen LogP contribution < -0.4 is 5.32 Å². The van der Waals surface area contributed by atoms with Crippen molar-refractivity contribution in [3.05, 3.63) is 40.4 Å². The smallest absolute Gasteiger partial charge is 0.263 e. The number of likely N-dealkylation sites (tertiary alicyclic amines) is 1. The Morgan fingerprint density at radius 3 is 2.59 bits per heavy atom. The number of benzene rings is 1. The SMILES string of the molecule is Cc1nc(-c2ccc(C(C)(C)C)cc2)sc1C(=O)NCCC1CCCN1C. The van der Waals surface area contributed by atoms with Crippen LogP contribution in [0.5, 0.6) is 0 Å². The van der Waals surface area contributed by atoms with E-state index in [9.17, 15) is 4.79 Å². The van der Waals surface area contributed by atoms with Gasteiger partial charge in [-0.3, -0.25) is 4.79 Å². The van der Waals surface area contributed by atoms with Crippen molar-refractivity contribution in [1.82, 2.24) is 15.2 Å². The largest absolute Gasteiger partial charge is 0.351 e. The Kier molecular flexibility index (Phi) is 6.02. The third-order valence-electron chi connectivity index (χ3n) is 5.44. The molecule has 1 fully saturated rings. The van der Waals surface area contributed by atoms with E-state index in [2.05, 4.69) is 67.3 Å². The molecule has 0 spiro atoms. The fourth-order valence-corrected chi connectivity index (χ4v) is 4.61. The maximum atomic E-state index is 12.6. The van der Waals surface area contributed by atoms with E-state index in [4.69, 9.17) is 0 Å². The molecule has 1 aromatic carbocycles. The Labute approximate surface area is 167 Å². The van der Waals surface area contributed by atoms with Crippen molar-refractivity contribution in [2.24, 2.45) is 0 Å². The van der Waals surface area contributed by atoms with E-state index in [1.807, 2.05) is 6.92 Å². The van der Waals surface area contributed by atoms with Crippen LogP contribution in [-0.2, 0) is 5.41 Å². The van der Waals surface area contributed by atoms with E-state index >= 15 is 0 Å². The summed E-state index contributed by atoms with van der Waals surface area (Å²) in [6, 6.07) is 9.13. The first-order chi connectivity index (χ1) is 12.8. The van der Waals surface area contributed by atoms with Gasteiger partial charge >= 0.3 is 0 Å². The topological polar surface area (TPSA) is 45.2 Å². The lowest BCUT2D eigenvalue weighted by molar-refractivity contribution is 0.0953. The highest BCUT2D eigenvalue weighted by atomic mass is 32.1. The lowest BCUT2D eigenvalue weighted by atomic mass is 9.87. The van der Waals surface area contributed by atoms with Crippen molar-refractivity contribution in [2.75, 3.05) is 20.1 Å². The van der Waals surface area contributed by atoms with Gasteiger partial charge in [-0.1, -0.05) is 45.0 Å². The quantitative estimate of drug-likeness (QED) is 0.816. The molecule has 0 radical (unpaired) electrons. The van der Waals surface area contributed by atoms with E-state index in [1.54, 1.807) is 0 Å². The van der Waals surface area contributed by atoms with Crippen molar-refractivity contribution in [3.63, 3.8) is 0 Å². The zero-order valence-electron chi connectivity index (χ0n) is 17.1. The number of aromatic nitrogens is 1. The minimum Gasteiger partial charge on any atom is -0.351 e. The Morgan fingerprint density at radius 1 is 1.30 bits per heavy atom. The minimum absolute atomic E-state index is 0.00297. The van der Waals surface area contributed by atoms with Gasteiger partial charge in [0.25, 0.3) is 5.91 Å². The molecule has 146 valence electrons. The molecule has 2 heterocycles. The summed E-state index contributed by atoms with van der Waals surface area (Å²) in [6.07, 6.45) is 3.52. The van der Waals surface area contributed by atoms with Crippen LogP contribution in [0, 0.1) is 6.92 Å². The number of hydrogen-bond acceptors (Lipinski definition) is 4. The van der Waals surface area contributed by atoms with Gasteiger partial charge in [-0.25, -0.2) is 4.98 Å². The molecule has 2 aromatic rings. The molecule has 1 unspecified atom stereocenters. The minimum atomic E-state index is 0.00297. The first-order valence-corrected chi connectivity index (χ1v) is 10.6. The fraction of sp³-hybridized carbons (Fsp3) is 0.545.